The van der Waals surface area contributed by atoms with Gasteiger partial charge in [0.2, 0.25) is 5.91 Å². The SMILES string of the molecule is O=C1CCCCCN1CCCNC1CCCSC1. The van der Waals surface area contributed by atoms with Crippen molar-refractivity contribution in [2.45, 2.75) is 51.0 Å². The summed E-state index contributed by atoms with van der Waals surface area (Å²) < 4.78 is 0. The van der Waals surface area contributed by atoms with E-state index in [2.05, 4.69) is 22.0 Å². The maximum atomic E-state index is 11.8. The molecule has 0 aliphatic carbocycles. The van der Waals surface area contributed by atoms with Crippen molar-refractivity contribution in [1.82, 2.24) is 10.2 Å². The lowest BCUT2D eigenvalue weighted by Gasteiger charge is -2.24. The van der Waals surface area contributed by atoms with E-state index in [9.17, 15) is 4.79 Å². The smallest absolute Gasteiger partial charge is 0.222 e. The van der Waals surface area contributed by atoms with Crippen LogP contribution in [0.3, 0.4) is 0 Å². The van der Waals surface area contributed by atoms with Crippen molar-refractivity contribution in [3.8, 4) is 0 Å². The Morgan fingerprint density at radius 3 is 3.06 bits per heavy atom. The Balaban J connectivity index is 1.57. The van der Waals surface area contributed by atoms with Gasteiger partial charge in [-0.05, 0) is 44.4 Å². The molecule has 2 saturated heterocycles. The lowest BCUT2D eigenvalue weighted by atomic mass is 10.2. The summed E-state index contributed by atoms with van der Waals surface area (Å²) in [7, 11) is 0. The molecule has 0 bridgehead atoms. The molecule has 2 rings (SSSR count). The molecule has 1 amide bonds. The van der Waals surface area contributed by atoms with Gasteiger partial charge >= 0.3 is 0 Å². The van der Waals surface area contributed by atoms with Gasteiger partial charge in [-0.15, -0.1) is 0 Å². The molecule has 2 aliphatic rings. The first-order valence-electron chi connectivity index (χ1n) is 7.45. The van der Waals surface area contributed by atoms with Gasteiger partial charge in [0, 0.05) is 31.3 Å². The van der Waals surface area contributed by atoms with Crippen LogP contribution in [0.15, 0.2) is 0 Å². The number of likely N-dealkylation sites (tertiary alicyclic amines) is 1. The van der Waals surface area contributed by atoms with Crippen molar-refractivity contribution in [3.05, 3.63) is 0 Å². The van der Waals surface area contributed by atoms with Crippen LogP contribution in [0, 0.1) is 0 Å². The fourth-order valence-corrected chi connectivity index (χ4v) is 3.86. The van der Waals surface area contributed by atoms with E-state index < -0.39 is 0 Å². The molecule has 3 nitrogen and oxygen atoms in total. The van der Waals surface area contributed by atoms with Crippen molar-refractivity contribution >= 4 is 17.7 Å². The highest BCUT2D eigenvalue weighted by Crippen LogP contribution is 2.16. The van der Waals surface area contributed by atoms with Gasteiger partial charge < -0.3 is 10.2 Å². The monoisotopic (exact) mass is 270 g/mol. The Bertz CT molecular complexity index is 254. The second-order valence-electron chi connectivity index (χ2n) is 5.41. The Morgan fingerprint density at radius 1 is 1.28 bits per heavy atom. The zero-order chi connectivity index (χ0) is 12.6. The number of nitrogens with one attached hydrogen (secondary N) is 1. The van der Waals surface area contributed by atoms with E-state index in [-0.39, 0.29) is 0 Å². The fraction of sp³-hybridized carbons (Fsp3) is 0.929. The first-order chi connectivity index (χ1) is 8.86. The summed E-state index contributed by atoms with van der Waals surface area (Å²) in [5.74, 6) is 2.98. The van der Waals surface area contributed by atoms with Crippen LogP contribution >= 0.6 is 11.8 Å². The first kappa shape index (κ1) is 14.2. The van der Waals surface area contributed by atoms with E-state index >= 15 is 0 Å². The minimum absolute atomic E-state index is 0.376. The van der Waals surface area contributed by atoms with E-state index in [1.807, 2.05) is 0 Å². The van der Waals surface area contributed by atoms with Gasteiger partial charge in [-0.2, -0.15) is 11.8 Å². The third-order valence-corrected chi connectivity index (χ3v) is 5.08. The molecule has 18 heavy (non-hydrogen) atoms. The summed E-state index contributed by atoms with van der Waals surface area (Å²) in [6.45, 7) is 3.00. The van der Waals surface area contributed by atoms with Gasteiger partial charge in [0.25, 0.3) is 0 Å². The summed E-state index contributed by atoms with van der Waals surface area (Å²) in [5, 5.41) is 3.63. The maximum Gasteiger partial charge on any atom is 0.222 e. The minimum Gasteiger partial charge on any atom is -0.343 e. The molecule has 4 heteroatoms. The van der Waals surface area contributed by atoms with Crippen LogP contribution in [0.4, 0.5) is 0 Å². The summed E-state index contributed by atoms with van der Waals surface area (Å²) in [5.41, 5.74) is 0. The number of carbonyl (C=O) groups is 1. The molecule has 0 aromatic carbocycles. The van der Waals surface area contributed by atoms with Crippen LogP contribution < -0.4 is 5.32 Å². The molecule has 1 N–H and O–H groups in total. The van der Waals surface area contributed by atoms with E-state index in [0.29, 0.717) is 11.9 Å². The largest absolute Gasteiger partial charge is 0.343 e. The number of nitrogens with zero attached hydrogens (tertiary/aromatic N) is 1. The van der Waals surface area contributed by atoms with Crippen LogP contribution in [0.1, 0.15) is 44.9 Å². The van der Waals surface area contributed by atoms with Gasteiger partial charge in [0.15, 0.2) is 0 Å². The fourth-order valence-electron chi connectivity index (χ4n) is 2.75. The quantitative estimate of drug-likeness (QED) is 0.778. The van der Waals surface area contributed by atoms with E-state index in [1.165, 1.54) is 37.2 Å². The summed E-state index contributed by atoms with van der Waals surface area (Å²) in [4.78, 5) is 13.9. The number of rotatable bonds is 5. The molecular formula is C14H26N2OS. The van der Waals surface area contributed by atoms with Gasteiger partial charge in [0.1, 0.15) is 0 Å². The maximum absolute atomic E-state index is 11.8. The summed E-state index contributed by atoms with van der Waals surface area (Å²) in [6.07, 6.45) is 8.06. The molecule has 0 saturated carbocycles. The Labute approximate surface area is 115 Å². The highest BCUT2D eigenvalue weighted by atomic mass is 32.2. The zero-order valence-corrected chi connectivity index (χ0v) is 12.1. The van der Waals surface area contributed by atoms with Crippen LogP contribution in [-0.2, 0) is 4.79 Å². The van der Waals surface area contributed by atoms with E-state index in [0.717, 1.165) is 38.9 Å². The van der Waals surface area contributed by atoms with Gasteiger partial charge in [-0.25, -0.2) is 0 Å². The standard InChI is InChI=1S/C14H26N2OS/c17-14-7-2-1-3-9-16(14)10-5-8-15-13-6-4-11-18-12-13/h13,15H,1-12H2. The molecular weight excluding hydrogens is 244 g/mol. The molecule has 104 valence electrons. The highest BCUT2D eigenvalue weighted by Gasteiger charge is 2.16. The topological polar surface area (TPSA) is 32.3 Å². The van der Waals surface area contributed by atoms with E-state index in [4.69, 9.17) is 0 Å². The molecule has 1 unspecified atom stereocenters. The lowest BCUT2D eigenvalue weighted by molar-refractivity contribution is -0.130. The molecule has 0 aromatic heterocycles. The number of thioether (sulfide) groups is 1. The van der Waals surface area contributed by atoms with Crippen LogP contribution in [-0.4, -0.2) is 48.0 Å². The number of amides is 1. The van der Waals surface area contributed by atoms with Crippen molar-refractivity contribution in [2.75, 3.05) is 31.1 Å². The van der Waals surface area contributed by atoms with Gasteiger partial charge in [-0.3, -0.25) is 4.79 Å². The predicted octanol–water partition coefficient (Wildman–Crippen LogP) is 2.26. The molecule has 0 aromatic rings. The second-order valence-corrected chi connectivity index (χ2v) is 6.56. The first-order valence-corrected chi connectivity index (χ1v) is 8.60. The van der Waals surface area contributed by atoms with Crippen LogP contribution in [0.5, 0.6) is 0 Å². The lowest BCUT2D eigenvalue weighted by Crippen LogP contribution is -2.37. The number of hydrogen-bond acceptors (Lipinski definition) is 3. The van der Waals surface area contributed by atoms with E-state index in [1.54, 1.807) is 0 Å². The molecule has 2 fully saturated rings. The second kappa shape index (κ2) is 8.05. The summed E-state index contributed by atoms with van der Waals surface area (Å²) >= 11 is 2.07. The number of hydrogen-bond donors (Lipinski definition) is 1. The average molecular weight is 270 g/mol. The third-order valence-electron chi connectivity index (χ3n) is 3.87. The third kappa shape index (κ3) is 4.81. The Hall–Kier alpha value is -0.220. The van der Waals surface area contributed by atoms with Crippen molar-refractivity contribution < 1.29 is 4.79 Å². The predicted molar refractivity (Wildman–Crippen MR) is 78.0 cm³/mol. The van der Waals surface area contributed by atoms with Crippen molar-refractivity contribution in [2.24, 2.45) is 0 Å². The summed E-state index contributed by atoms with van der Waals surface area (Å²) in [6, 6.07) is 0.712. The van der Waals surface area contributed by atoms with Gasteiger partial charge in [-0.1, -0.05) is 6.42 Å². The molecule has 1 atom stereocenters. The molecule has 0 spiro atoms. The Kier molecular flexibility index (Phi) is 6.35. The molecule has 2 aliphatic heterocycles. The van der Waals surface area contributed by atoms with Gasteiger partial charge in [0.05, 0.1) is 0 Å². The van der Waals surface area contributed by atoms with Crippen LogP contribution in [0.2, 0.25) is 0 Å². The normalized spacial score (nSPS) is 26.1. The average Bonchev–Trinajstić information content (AvgIpc) is 2.61. The van der Waals surface area contributed by atoms with Crippen molar-refractivity contribution in [1.29, 1.82) is 0 Å². The minimum atomic E-state index is 0.376. The van der Waals surface area contributed by atoms with Crippen molar-refractivity contribution in [3.63, 3.8) is 0 Å². The Morgan fingerprint density at radius 2 is 2.22 bits per heavy atom. The number of carbonyl (C=O) groups excluding carboxylic acids is 1. The zero-order valence-electron chi connectivity index (χ0n) is 11.3. The highest BCUT2D eigenvalue weighted by molar-refractivity contribution is 7.99. The molecule has 2 heterocycles. The molecule has 0 radical (unpaired) electrons. The van der Waals surface area contributed by atoms with Crippen LogP contribution in [0.25, 0.3) is 0 Å².